The minimum atomic E-state index is 0. The molecule has 4 rings (SSSR count). The van der Waals surface area contributed by atoms with E-state index in [4.69, 9.17) is 0 Å². The average molecular weight is 530 g/mol. The molecule has 1 amide bonds. The van der Waals surface area contributed by atoms with Crippen molar-refractivity contribution < 1.29 is 4.79 Å². The maximum absolute atomic E-state index is 12.4. The molecule has 0 spiro atoms. The summed E-state index contributed by atoms with van der Waals surface area (Å²) < 4.78 is 2.04. The van der Waals surface area contributed by atoms with Crippen molar-refractivity contribution in [1.29, 1.82) is 0 Å². The summed E-state index contributed by atoms with van der Waals surface area (Å²) in [6, 6.07) is 18.3. The van der Waals surface area contributed by atoms with Crippen molar-refractivity contribution in [3.05, 3.63) is 84.4 Å². The van der Waals surface area contributed by atoms with Gasteiger partial charge in [0, 0.05) is 51.2 Å². The van der Waals surface area contributed by atoms with Crippen LogP contribution in [0, 0.1) is 0 Å². The van der Waals surface area contributed by atoms with Gasteiger partial charge < -0.3 is 20.1 Å². The van der Waals surface area contributed by atoms with Gasteiger partial charge in [-0.3, -0.25) is 9.79 Å². The van der Waals surface area contributed by atoms with E-state index in [1.54, 1.807) is 13.2 Å². The van der Waals surface area contributed by atoms with Crippen LogP contribution in [-0.4, -0.2) is 41.1 Å². The van der Waals surface area contributed by atoms with Crippen molar-refractivity contribution >= 4 is 41.5 Å². The maximum atomic E-state index is 12.4. The van der Waals surface area contributed by atoms with E-state index in [1.165, 1.54) is 11.1 Å². The first-order valence-corrected chi connectivity index (χ1v) is 10.1. The number of imidazole rings is 1. The van der Waals surface area contributed by atoms with Gasteiger partial charge in [-0.15, -0.1) is 24.0 Å². The fourth-order valence-corrected chi connectivity index (χ4v) is 3.59. The van der Waals surface area contributed by atoms with Crippen molar-refractivity contribution in [3.8, 4) is 0 Å². The first-order chi connectivity index (χ1) is 14.7. The van der Waals surface area contributed by atoms with E-state index in [-0.39, 0.29) is 35.9 Å². The van der Waals surface area contributed by atoms with Crippen LogP contribution in [0.15, 0.2) is 78.3 Å². The Hall–Kier alpha value is -2.88. The Balaban J connectivity index is 0.00000272. The number of para-hydroxylation sites is 1. The van der Waals surface area contributed by atoms with Crippen LogP contribution in [0.5, 0.6) is 0 Å². The van der Waals surface area contributed by atoms with Gasteiger partial charge in [-0.1, -0.05) is 42.5 Å². The highest BCUT2D eigenvalue weighted by Crippen LogP contribution is 2.20. The van der Waals surface area contributed by atoms with Crippen molar-refractivity contribution in [2.24, 2.45) is 4.99 Å². The molecule has 1 atom stereocenters. The maximum Gasteiger partial charge on any atom is 0.229 e. The number of anilines is 1. The number of aliphatic imine (C=N–C) groups is 1. The van der Waals surface area contributed by atoms with Crippen LogP contribution >= 0.6 is 24.0 Å². The molecular formula is C23H27IN6O. The number of aromatic nitrogens is 2. The van der Waals surface area contributed by atoms with E-state index < -0.39 is 0 Å². The van der Waals surface area contributed by atoms with Crippen LogP contribution in [0.4, 0.5) is 5.69 Å². The number of hydrogen-bond acceptors (Lipinski definition) is 3. The third-order valence-corrected chi connectivity index (χ3v) is 5.16. The highest BCUT2D eigenvalue weighted by atomic mass is 127. The Labute approximate surface area is 199 Å². The van der Waals surface area contributed by atoms with Crippen LogP contribution in [0.25, 0.3) is 0 Å². The Morgan fingerprint density at radius 3 is 2.55 bits per heavy atom. The SMILES string of the molecule is CN=C(NCc1ccc(Cn2ccnc2)cc1)NC1CC(=O)N(c2ccccc2)C1.I. The molecule has 2 N–H and O–H groups in total. The summed E-state index contributed by atoms with van der Waals surface area (Å²) >= 11 is 0. The normalized spacial score (nSPS) is 16.2. The van der Waals surface area contributed by atoms with Gasteiger partial charge in [0.2, 0.25) is 5.91 Å². The number of rotatable bonds is 6. The quantitative estimate of drug-likeness (QED) is 0.292. The van der Waals surface area contributed by atoms with Gasteiger partial charge in [-0.05, 0) is 23.3 Å². The minimum Gasteiger partial charge on any atom is -0.352 e. The lowest BCUT2D eigenvalue weighted by atomic mass is 10.1. The van der Waals surface area contributed by atoms with Gasteiger partial charge in [0.1, 0.15) is 0 Å². The summed E-state index contributed by atoms with van der Waals surface area (Å²) in [5, 5.41) is 6.71. The molecule has 0 aliphatic carbocycles. The Morgan fingerprint density at radius 2 is 1.87 bits per heavy atom. The van der Waals surface area contributed by atoms with Crippen LogP contribution in [0.1, 0.15) is 17.5 Å². The number of carbonyl (C=O) groups is 1. The van der Waals surface area contributed by atoms with Crippen molar-refractivity contribution in [2.75, 3.05) is 18.5 Å². The summed E-state index contributed by atoms with van der Waals surface area (Å²) in [6.45, 7) is 2.10. The molecule has 1 aliphatic rings. The lowest BCUT2D eigenvalue weighted by molar-refractivity contribution is -0.117. The number of nitrogens with zero attached hydrogens (tertiary/aromatic N) is 4. The molecule has 31 heavy (non-hydrogen) atoms. The second-order valence-electron chi connectivity index (χ2n) is 7.36. The summed E-state index contributed by atoms with van der Waals surface area (Å²) in [5.74, 6) is 0.827. The summed E-state index contributed by atoms with van der Waals surface area (Å²) in [7, 11) is 1.75. The Bertz CT molecular complexity index is 989. The van der Waals surface area contributed by atoms with Crippen LogP contribution in [0.3, 0.4) is 0 Å². The lowest BCUT2D eigenvalue weighted by Crippen LogP contribution is -2.44. The third-order valence-electron chi connectivity index (χ3n) is 5.16. The van der Waals surface area contributed by atoms with Crippen molar-refractivity contribution in [3.63, 3.8) is 0 Å². The van der Waals surface area contributed by atoms with Crippen LogP contribution in [-0.2, 0) is 17.9 Å². The fourth-order valence-electron chi connectivity index (χ4n) is 3.59. The van der Waals surface area contributed by atoms with Gasteiger partial charge >= 0.3 is 0 Å². The third kappa shape index (κ3) is 6.06. The molecule has 1 aromatic heterocycles. The first-order valence-electron chi connectivity index (χ1n) is 10.1. The lowest BCUT2D eigenvalue weighted by Gasteiger charge is -2.19. The zero-order valence-corrected chi connectivity index (χ0v) is 19.8. The Kier molecular flexibility index (Phi) is 8.05. The van der Waals surface area contributed by atoms with Crippen LogP contribution in [0.2, 0.25) is 0 Å². The van der Waals surface area contributed by atoms with Gasteiger partial charge in [0.15, 0.2) is 5.96 Å². The first kappa shape index (κ1) is 22.8. The molecule has 1 aliphatic heterocycles. The summed E-state index contributed by atoms with van der Waals surface area (Å²) in [4.78, 5) is 22.6. The molecule has 8 heteroatoms. The molecule has 1 saturated heterocycles. The standard InChI is InChI=1S/C23H26N6O.HI/c1-24-23(27-20-13-22(30)29(16-20)21-5-3-2-4-6-21)26-14-18-7-9-19(10-8-18)15-28-12-11-25-17-28;/h2-12,17,20H,13-16H2,1H3,(H2,24,26,27);1H. The van der Waals surface area contributed by atoms with E-state index >= 15 is 0 Å². The molecule has 2 heterocycles. The average Bonchev–Trinajstić information content (AvgIpc) is 3.42. The number of halogens is 1. The van der Waals surface area contributed by atoms with E-state index in [0.29, 0.717) is 25.5 Å². The number of hydrogen-bond donors (Lipinski definition) is 2. The smallest absolute Gasteiger partial charge is 0.229 e. The second-order valence-corrected chi connectivity index (χ2v) is 7.36. The van der Waals surface area contributed by atoms with Crippen molar-refractivity contribution in [2.45, 2.75) is 25.6 Å². The zero-order chi connectivity index (χ0) is 20.8. The van der Waals surface area contributed by atoms with E-state index in [9.17, 15) is 4.79 Å². The summed E-state index contributed by atoms with van der Waals surface area (Å²) in [6.07, 6.45) is 6.02. The van der Waals surface area contributed by atoms with E-state index in [0.717, 1.165) is 12.2 Å². The number of amides is 1. The summed E-state index contributed by atoms with van der Waals surface area (Å²) in [5.41, 5.74) is 3.33. The molecule has 7 nitrogen and oxygen atoms in total. The van der Waals surface area contributed by atoms with E-state index in [1.807, 2.05) is 52.3 Å². The minimum absolute atomic E-state index is 0. The molecule has 0 bridgehead atoms. The molecule has 3 aromatic rings. The van der Waals surface area contributed by atoms with Gasteiger partial charge in [-0.2, -0.15) is 0 Å². The highest BCUT2D eigenvalue weighted by Gasteiger charge is 2.30. The largest absolute Gasteiger partial charge is 0.352 e. The molecule has 1 fully saturated rings. The van der Waals surface area contributed by atoms with Crippen molar-refractivity contribution in [1.82, 2.24) is 20.2 Å². The highest BCUT2D eigenvalue weighted by molar-refractivity contribution is 14.0. The fraction of sp³-hybridized carbons (Fsp3) is 0.261. The molecule has 1 unspecified atom stereocenters. The van der Waals surface area contributed by atoms with Gasteiger partial charge in [0.05, 0.1) is 12.4 Å². The molecular weight excluding hydrogens is 503 g/mol. The number of benzene rings is 2. The second kappa shape index (κ2) is 10.9. The van der Waals surface area contributed by atoms with Gasteiger partial charge in [0.25, 0.3) is 0 Å². The monoisotopic (exact) mass is 530 g/mol. The Morgan fingerprint density at radius 1 is 1.13 bits per heavy atom. The zero-order valence-electron chi connectivity index (χ0n) is 17.4. The van der Waals surface area contributed by atoms with Gasteiger partial charge in [-0.25, -0.2) is 4.98 Å². The predicted molar refractivity (Wildman–Crippen MR) is 134 cm³/mol. The molecule has 162 valence electrons. The number of nitrogens with one attached hydrogen (secondary N) is 2. The van der Waals surface area contributed by atoms with E-state index in [2.05, 4.69) is 44.9 Å². The predicted octanol–water partition coefficient (Wildman–Crippen LogP) is 3.02. The molecule has 0 saturated carbocycles. The molecule has 0 radical (unpaired) electrons. The van der Waals surface area contributed by atoms with Crippen LogP contribution < -0.4 is 15.5 Å². The number of guanidine groups is 1. The topological polar surface area (TPSA) is 74.5 Å². The number of carbonyl (C=O) groups excluding carboxylic acids is 1. The molecule has 2 aromatic carbocycles.